The Bertz CT molecular complexity index is 1910. The summed E-state index contributed by atoms with van der Waals surface area (Å²) < 4.78 is 12.9. The van der Waals surface area contributed by atoms with Gasteiger partial charge in [-0.2, -0.15) is 0 Å². The highest BCUT2D eigenvalue weighted by molar-refractivity contribution is 7.10. The van der Waals surface area contributed by atoms with E-state index in [0.29, 0.717) is 16.1 Å². The van der Waals surface area contributed by atoms with Gasteiger partial charge in [0.05, 0.1) is 38.3 Å². The summed E-state index contributed by atoms with van der Waals surface area (Å²) in [5.74, 6) is -0.561. The summed E-state index contributed by atoms with van der Waals surface area (Å²) in [6.45, 7) is 3.57. The molecule has 2 aromatic heterocycles. The number of ether oxygens (including phenoxy) is 2. The minimum atomic E-state index is -0.767. The second-order valence-corrected chi connectivity index (χ2v) is 10.6. The van der Waals surface area contributed by atoms with Crippen molar-refractivity contribution in [3.63, 3.8) is 0 Å². The first-order valence-corrected chi connectivity index (χ1v) is 13.8. The molecule has 2 aromatic carbocycles. The highest BCUT2D eigenvalue weighted by Gasteiger charge is 2.34. The molecule has 0 spiro atoms. The number of aromatic nitrogens is 1. The van der Waals surface area contributed by atoms with Crippen LogP contribution in [0.1, 0.15) is 30.3 Å². The molecule has 14 heteroatoms. The fourth-order valence-corrected chi connectivity index (χ4v) is 6.17. The van der Waals surface area contributed by atoms with E-state index in [0.717, 1.165) is 34.4 Å². The van der Waals surface area contributed by atoms with Crippen molar-refractivity contribution in [2.45, 2.75) is 19.9 Å². The second kappa shape index (κ2) is 11.3. The number of thiophene rings is 1. The normalized spacial score (nSPS) is 14.8. The van der Waals surface area contributed by atoms with Crippen LogP contribution >= 0.6 is 22.7 Å². The van der Waals surface area contributed by atoms with Gasteiger partial charge in [-0.05, 0) is 43.5 Å². The van der Waals surface area contributed by atoms with Crippen LogP contribution in [-0.2, 0) is 9.53 Å². The van der Waals surface area contributed by atoms with Gasteiger partial charge in [0.2, 0.25) is 5.75 Å². The van der Waals surface area contributed by atoms with Gasteiger partial charge in [0.1, 0.15) is 11.8 Å². The lowest BCUT2D eigenvalue weighted by Crippen LogP contribution is -2.39. The number of para-hydroxylation sites is 1. The molecule has 0 fully saturated rings. The molecule has 4 aromatic rings. The Labute approximate surface area is 239 Å². The average Bonchev–Trinajstić information content (AvgIpc) is 3.57. The Morgan fingerprint density at radius 1 is 1.10 bits per heavy atom. The van der Waals surface area contributed by atoms with E-state index in [-0.39, 0.29) is 28.2 Å². The molecule has 3 heterocycles. The first-order chi connectivity index (χ1) is 19.7. The van der Waals surface area contributed by atoms with Crippen molar-refractivity contribution in [3.05, 3.63) is 122 Å². The first-order valence-electron chi connectivity index (χ1n) is 12.1. The molecule has 0 saturated heterocycles. The van der Waals surface area contributed by atoms with Crippen molar-refractivity contribution in [2.24, 2.45) is 4.99 Å². The van der Waals surface area contributed by atoms with Crippen molar-refractivity contribution in [1.29, 1.82) is 0 Å². The van der Waals surface area contributed by atoms with Crippen LogP contribution in [0.4, 0.5) is 11.4 Å². The SMILES string of the molecule is CCOC(=O)C1=C(C)N=c2s/c(=C/c3ccccc3Oc3ccc([N+](=O)[O-])cc3[N+](=O)[O-])c(=O)n2[C@H]1c1cccs1. The Balaban J connectivity index is 1.62. The number of benzene rings is 2. The van der Waals surface area contributed by atoms with E-state index in [1.165, 1.54) is 15.9 Å². The third-order valence-electron chi connectivity index (χ3n) is 6.11. The molecule has 1 atom stereocenters. The number of carbonyl (C=O) groups is 1. The average molecular weight is 593 g/mol. The van der Waals surface area contributed by atoms with E-state index in [4.69, 9.17) is 9.47 Å². The minimum absolute atomic E-state index is 0.168. The number of nitrogens with zero attached hydrogens (tertiary/aromatic N) is 4. The summed E-state index contributed by atoms with van der Waals surface area (Å²) in [5, 5.41) is 24.5. The number of thiazole rings is 1. The lowest BCUT2D eigenvalue weighted by atomic mass is 10.0. The fourth-order valence-electron chi connectivity index (χ4n) is 4.31. The zero-order valence-corrected chi connectivity index (χ0v) is 23.1. The summed E-state index contributed by atoms with van der Waals surface area (Å²) in [6.07, 6.45) is 1.57. The van der Waals surface area contributed by atoms with Crippen molar-refractivity contribution in [3.8, 4) is 11.5 Å². The maximum absolute atomic E-state index is 13.8. The van der Waals surface area contributed by atoms with Gasteiger partial charge in [-0.1, -0.05) is 35.6 Å². The molecule has 208 valence electrons. The monoisotopic (exact) mass is 592 g/mol. The zero-order chi connectivity index (χ0) is 29.3. The van der Waals surface area contributed by atoms with E-state index in [9.17, 15) is 29.8 Å². The molecule has 0 aliphatic carbocycles. The van der Waals surface area contributed by atoms with Crippen molar-refractivity contribution < 1.29 is 24.1 Å². The number of esters is 1. The molecular weight excluding hydrogens is 572 g/mol. The van der Waals surface area contributed by atoms with Crippen LogP contribution in [0.15, 0.2) is 81.0 Å². The number of non-ortho nitro benzene ring substituents is 1. The summed E-state index contributed by atoms with van der Waals surface area (Å²) in [5.41, 5.74) is -0.258. The zero-order valence-electron chi connectivity index (χ0n) is 21.5. The quantitative estimate of drug-likeness (QED) is 0.165. The largest absolute Gasteiger partial charge is 0.463 e. The van der Waals surface area contributed by atoms with E-state index in [2.05, 4.69) is 4.99 Å². The summed E-state index contributed by atoms with van der Waals surface area (Å²) in [4.78, 5) is 53.6. The van der Waals surface area contributed by atoms with Crippen LogP contribution in [0.2, 0.25) is 0 Å². The maximum Gasteiger partial charge on any atom is 0.338 e. The van der Waals surface area contributed by atoms with Crippen LogP contribution in [0, 0.1) is 20.2 Å². The highest BCUT2D eigenvalue weighted by Crippen LogP contribution is 2.36. The Morgan fingerprint density at radius 3 is 2.56 bits per heavy atom. The van der Waals surface area contributed by atoms with Gasteiger partial charge >= 0.3 is 11.7 Å². The molecule has 0 radical (unpaired) electrons. The lowest BCUT2D eigenvalue weighted by molar-refractivity contribution is -0.394. The number of fused-ring (bicyclic) bond motifs is 1. The van der Waals surface area contributed by atoms with Crippen LogP contribution < -0.4 is 19.6 Å². The van der Waals surface area contributed by atoms with Gasteiger partial charge in [0.25, 0.3) is 11.2 Å². The van der Waals surface area contributed by atoms with E-state index in [1.54, 1.807) is 44.2 Å². The topological polar surface area (TPSA) is 156 Å². The molecule has 0 bridgehead atoms. The third kappa shape index (κ3) is 5.29. The van der Waals surface area contributed by atoms with Gasteiger partial charge in [-0.15, -0.1) is 11.3 Å². The molecule has 12 nitrogen and oxygen atoms in total. The number of allylic oxidation sites excluding steroid dienone is 1. The number of hydrogen-bond acceptors (Lipinski definition) is 11. The third-order valence-corrected chi connectivity index (χ3v) is 8.01. The predicted octanol–water partition coefficient (Wildman–Crippen LogP) is 4.47. The molecule has 41 heavy (non-hydrogen) atoms. The van der Waals surface area contributed by atoms with Gasteiger partial charge in [0.15, 0.2) is 4.80 Å². The Hall–Kier alpha value is -4.95. The van der Waals surface area contributed by atoms with Crippen LogP contribution in [-0.4, -0.2) is 27.0 Å². The van der Waals surface area contributed by atoms with Gasteiger partial charge in [-0.3, -0.25) is 29.6 Å². The van der Waals surface area contributed by atoms with Crippen LogP contribution in [0.3, 0.4) is 0 Å². The summed E-state index contributed by atoms with van der Waals surface area (Å²) in [6, 6.07) is 12.6. The molecule has 0 saturated carbocycles. The second-order valence-electron chi connectivity index (χ2n) is 8.62. The standard InChI is InChI=1S/C27H20N4O8S2/c1-3-38-26(33)23-15(2)28-27-29(24(23)21-9-6-12-40-21)25(32)22(41-27)13-16-7-4-5-8-19(16)39-20-11-10-17(30(34)35)14-18(20)31(36)37/h4-14,24H,3H2,1-2H3/b22-13+/t24-/m0/s1. The lowest BCUT2D eigenvalue weighted by Gasteiger charge is -2.23. The summed E-state index contributed by atoms with van der Waals surface area (Å²) in [7, 11) is 0. The van der Waals surface area contributed by atoms with E-state index in [1.807, 2.05) is 17.5 Å². The van der Waals surface area contributed by atoms with Crippen molar-refractivity contribution in [2.75, 3.05) is 6.61 Å². The molecule has 1 aliphatic rings. The number of nitro benzene ring substituents is 2. The van der Waals surface area contributed by atoms with Gasteiger partial charge in [0, 0.05) is 16.5 Å². The van der Waals surface area contributed by atoms with Gasteiger partial charge < -0.3 is 9.47 Å². The predicted molar refractivity (Wildman–Crippen MR) is 151 cm³/mol. The summed E-state index contributed by atoms with van der Waals surface area (Å²) >= 11 is 2.52. The molecule has 0 amide bonds. The van der Waals surface area contributed by atoms with E-state index < -0.39 is 38.8 Å². The van der Waals surface area contributed by atoms with Crippen molar-refractivity contribution in [1.82, 2.24) is 4.57 Å². The first kappa shape index (κ1) is 27.6. The number of carbonyl (C=O) groups excluding carboxylic acids is 1. The smallest absolute Gasteiger partial charge is 0.338 e. The maximum atomic E-state index is 13.8. The number of rotatable bonds is 8. The number of nitro groups is 2. The highest BCUT2D eigenvalue weighted by atomic mass is 32.1. The Morgan fingerprint density at radius 2 is 1.88 bits per heavy atom. The van der Waals surface area contributed by atoms with E-state index >= 15 is 0 Å². The molecule has 0 N–H and O–H groups in total. The number of hydrogen-bond donors (Lipinski definition) is 0. The van der Waals surface area contributed by atoms with Crippen LogP contribution in [0.25, 0.3) is 6.08 Å². The Kier molecular flexibility index (Phi) is 7.59. The van der Waals surface area contributed by atoms with Gasteiger partial charge in [-0.25, -0.2) is 9.79 Å². The molecule has 1 aliphatic heterocycles. The fraction of sp³-hybridized carbons (Fsp3) is 0.148. The molecular formula is C27H20N4O8S2. The minimum Gasteiger partial charge on any atom is -0.463 e. The molecule has 5 rings (SSSR count). The van der Waals surface area contributed by atoms with Crippen LogP contribution in [0.5, 0.6) is 11.5 Å². The molecule has 0 unspecified atom stereocenters. The van der Waals surface area contributed by atoms with Crippen molar-refractivity contribution >= 4 is 46.1 Å².